The first kappa shape index (κ1) is 18.2. The number of hydrogen-bond donors (Lipinski definition) is 0. The van der Waals surface area contributed by atoms with Crippen molar-refractivity contribution in [2.75, 3.05) is 19.8 Å². The highest BCUT2D eigenvalue weighted by atomic mass is 32.1. The summed E-state index contributed by atoms with van der Waals surface area (Å²) >= 11 is 5.10. The van der Waals surface area contributed by atoms with Crippen LogP contribution in [0.25, 0.3) is 0 Å². The Hall–Kier alpha value is -0.810. The summed E-state index contributed by atoms with van der Waals surface area (Å²) in [7, 11) is 0. The molecular formula is C16H27NO3S. The summed E-state index contributed by atoms with van der Waals surface area (Å²) in [4.78, 5) is 25.7. The Morgan fingerprint density at radius 3 is 2.62 bits per heavy atom. The lowest BCUT2D eigenvalue weighted by Gasteiger charge is -2.15. The Morgan fingerprint density at radius 2 is 2.00 bits per heavy atom. The van der Waals surface area contributed by atoms with Crippen molar-refractivity contribution in [1.29, 1.82) is 0 Å². The highest BCUT2D eigenvalue weighted by Crippen LogP contribution is 2.12. The Balaban J connectivity index is 2.02. The van der Waals surface area contributed by atoms with Crippen molar-refractivity contribution in [1.82, 2.24) is 4.90 Å². The largest absolute Gasteiger partial charge is 0.364 e. The molecule has 4 nitrogen and oxygen atoms in total. The Bertz CT molecular complexity index is 369. The number of ketones is 1. The van der Waals surface area contributed by atoms with Crippen LogP contribution in [0.5, 0.6) is 0 Å². The van der Waals surface area contributed by atoms with Gasteiger partial charge in [-0.2, -0.15) is 0 Å². The van der Waals surface area contributed by atoms with E-state index in [1.54, 1.807) is 4.90 Å². The van der Waals surface area contributed by atoms with E-state index in [2.05, 4.69) is 13.8 Å². The summed E-state index contributed by atoms with van der Waals surface area (Å²) in [5.41, 5.74) is 0. The van der Waals surface area contributed by atoms with Gasteiger partial charge in [0.2, 0.25) is 0 Å². The van der Waals surface area contributed by atoms with Gasteiger partial charge in [-0.05, 0) is 18.8 Å². The number of hydrogen-bond acceptors (Lipinski definition) is 4. The fraction of sp³-hybridized carbons (Fsp3) is 0.812. The van der Waals surface area contributed by atoms with Gasteiger partial charge in [0.25, 0.3) is 5.91 Å². The smallest absolute Gasteiger partial charge is 0.253 e. The van der Waals surface area contributed by atoms with Crippen LogP contribution in [0.3, 0.4) is 0 Å². The van der Waals surface area contributed by atoms with Gasteiger partial charge in [0, 0.05) is 19.4 Å². The number of carbonyl (C=O) groups excluding carboxylic acids is 2. The third-order valence-corrected chi connectivity index (χ3v) is 4.02. The molecule has 1 aliphatic rings. The molecule has 0 spiro atoms. The first-order chi connectivity index (χ1) is 10.0. The number of amides is 1. The SMILES string of the molecule is CC(C)CCCCCC(=O)COCC(=O)N1CCCC1=S. The number of rotatable bonds is 10. The van der Waals surface area contributed by atoms with E-state index in [0.29, 0.717) is 18.0 Å². The van der Waals surface area contributed by atoms with E-state index in [0.717, 1.165) is 31.6 Å². The Labute approximate surface area is 133 Å². The lowest BCUT2D eigenvalue weighted by atomic mass is 10.0. The average molecular weight is 313 g/mol. The molecule has 0 bridgehead atoms. The molecule has 0 N–H and O–H groups in total. The molecule has 0 aromatic rings. The Kier molecular flexibility index (Phi) is 8.69. The number of nitrogens with zero attached hydrogens (tertiary/aromatic N) is 1. The van der Waals surface area contributed by atoms with Gasteiger partial charge in [0.05, 0.1) is 4.99 Å². The predicted octanol–water partition coefficient (Wildman–Crippen LogP) is 3.13. The molecule has 1 amide bonds. The molecule has 0 aromatic heterocycles. The minimum Gasteiger partial charge on any atom is -0.364 e. The number of Topliss-reactive ketones (excluding diaryl/α,β-unsaturated/α-hetero) is 1. The minimum absolute atomic E-state index is 0.0382. The summed E-state index contributed by atoms with van der Waals surface area (Å²) in [6, 6.07) is 0. The average Bonchev–Trinajstić information content (AvgIpc) is 2.84. The van der Waals surface area contributed by atoms with Gasteiger partial charge in [0.1, 0.15) is 13.2 Å². The molecule has 0 atom stereocenters. The molecular weight excluding hydrogens is 286 g/mol. The van der Waals surface area contributed by atoms with Crippen molar-refractivity contribution >= 4 is 28.9 Å². The first-order valence-corrected chi connectivity index (χ1v) is 8.34. The molecule has 0 aliphatic carbocycles. The fourth-order valence-corrected chi connectivity index (χ4v) is 2.70. The van der Waals surface area contributed by atoms with Crippen LogP contribution in [0.15, 0.2) is 0 Å². The molecule has 5 heteroatoms. The van der Waals surface area contributed by atoms with E-state index < -0.39 is 0 Å². The van der Waals surface area contributed by atoms with Crippen LogP contribution in [0.2, 0.25) is 0 Å². The number of unbranched alkanes of at least 4 members (excludes halogenated alkanes) is 2. The molecule has 1 aliphatic heterocycles. The summed E-state index contributed by atoms with van der Waals surface area (Å²) in [6.45, 7) is 5.10. The second-order valence-corrected chi connectivity index (χ2v) is 6.54. The molecule has 1 heterocycles. The quantitative estimate of drug-likeness (QED) is 0.459. The third-order valence-electron chi connectivity index (χ3n) is 3.60. The molecule has 1 fully saturated rings. The lowest BCUT2D eigenvalue weighted by molar-refractivity contribution is -0.134. The van der Waals surface area contributed by atoms with Crippen molar-refractivity contribution < 1.29 is 14.3 Å². The molecule has 120 valence electrons. The van der Waals surface area contributed by atoms with Gasteiger partial charge >= 0.3 is 0 Å². The lowest BCUT2D eigenvalue weighted by Crippen LogP contribution is -2.34. The minimum atomic E-state index is -0.123. The highest BCUT2D eigenvalue weighted by molar-refractivity contribution is 7.80. The Morgan fingerprint density at radius 1 is 1.24 bits per heavy atom. The van der Waals surface area contributed by atoms with Gasteiger partial charge in [0.15, 0.2) is 5.78 Å². The maximum absolute atomic E-state index is 11.8. The van der Waals surface area contributed by atoms with Crippen molar-refractivity contribution in [3.63, 3.8) is 0 Å². The number of ether oxygens (including phenoxy) is 1. The zero-order chi connectivity index (χ0) is 15.7. The van der Waals surface area contributed by atoms with Crippen LogP contribution >= 0.6 is 12.2 Å². The number of carbonyl (C=O) groups is 2. The molecule has 0 unspecified atom stereocenters. The molecule has 1 saturated heterocycles. The van der Waals surface area contributed by atoms with Gasteiger partial charge < -0.3 is 9.64 Å². The molecule has 21 heavy (non-hydrogen) atoms. The standard InChI is InChI=1S/C16H27NO3S/c1-13(2)7-4-3-5-8-14(18)11-20-12-15(19)17-10-6-9-16(17)21/h13H,3-12H2,1-2H3. The van der Waals surface area contributed by atoms with Crippen molar-refractivity contribution in [3.05, 3.63) is 0 Å². The normalized spacial score (nSPS) is 15.0. The monoisotopic (exact) mass is 313 g/mol. The van der Waals surface area contributed by atoms with Gasteiger partial charge in [-0.3, -0.25) is 9.59 Å². The zero-order valence-electron chi connectivity index (χ0n) is 13.2. The van der Waals surface area contributed by atoms with Crippen LogP contribution in [0.4, 0.5) is 0 Å². The second-order valence-electron chi connectivity index (χ2n) is 6.07. The van der Waals surface area contributed by atoms with Gasteiger partial charge in [-0.15, -0.1) is 0 Å². The van der Waals surface area contributed by atoms with Crippen molar-refractivity contribution in [3.8, 4) is 0 Å². The molecule has 0 radical (unpaired) electrons. The van der Waals surface area contributed by atoms with E-state index in [1.165, 1.54) is 12.8 Å². The summed E-state index contributed by atoms with van der Waals surface area (Å²) in [5.74, 6) is 0.685. The van der Waals surface area contributed by atoms with Crippen molar-refractivity contribution in [2.45, 2.75) is 58.8 Å². The summed E-state index contributed by atoms with van der Waals surface area (Å²) in [6.07, 6.45) is 6.68. The van der Waals surface area contributed by atoms with E-state index in [-0.39, 0.29) is 24.9 Å². The summed E-state index contributed by atoms with van der Waals surface area (Å²) < 4.78 is 5.21. The number of likely N-dealkylation sites (tertiary alicyclic amines) is 1. The van der Waals surface area contributed by atoms with Crippen LogP contribution in [0.1, 0.15) is 58.8 Å². The maximum atomic E-state index is 11.8. The van der Waals surface area contributed by atoms with Crippen LogP contribution in [-0.2, 0) is 14.3 Å². The zero-order valence-corrected chi connectivity index (χ0v) is 14.0. The summed E-state index contributed by atoms with van der Waals surface area (Å²) in [5, 5.41) is 0. The van der Waals surface area contributed by atoms with E-state index >= 15 is 0 Å². The molecule has 1 rings (SSSR count). The topological polar surface area (TPSA) is 46.6 Å². The van der Waals surface area contributed by atoms with E-state index in [1.807, 2.05) is 0 Å². The molecule has 0 saturated carbocycles. The third kappa shape index (κ3) is 7.67. The van der Waals surface area contributed by atoms with E-state index in [9.17, 15) is 9.59 Å². The molecule has 0 aromatic carbocycles. The second kappa shape index (κ2) is 10.0. The highest BCUT2D eigenvalue weighted by Gasteiger charge is 2.23. The first-order valence-electron chi connectivity index (χ1n) is 7.93. The van der Waals surface area contributed by atoms with Crippen LogP contribution in [-0.4, -0.2) is 41.3 Å². The van der Waals surface area contributed by atoms with E-state index in [4.69, 9.17) is 17.0 Å². The predicted molar refractivity (Wildman–Crippen MR) is 87.3 cm³/mol. The number of thiocarbonyl (C=S) groups is 1. The maximum Gasteiger partial charge on any atom is 0.253 e. The van der Waals surface area contributed by atoms with Crippen LogP contribution in [0, 0.1) is 5.92 Å². The van der Waals surface area contributed by atoms with Gasteiger partial charge in [-0.25, -0.2) is 0 Å². The van der Waals surface area contributed by atoms with Crippen LogP contribution < -0.4 is 0 Å². The fourth-order valence-electron chi connectivity index (χ4n) is 2.37. The van der Waals surface area contributed by atoms with Gasteiger partial charge in [-0.1, -0.05) is 45.3 Å². The van der Waals surface area contributed by atoms with Crippen molar-refractivity contribution in [2.24, 2.45) is 5.92 Å².